The van der Waals surface area contributed by atoms with E-state index in [1.165, 1.54) is 30.6 Å². The number of nitrogens with one attached hydrogen (secondary N) is 1. The van der Waals surface area contributed by atoms with Gasteiger partial charge in [-0.2, -0.15) is 5.10 Å². The van der Waals surface area contributed by atoms with Crippen LogP contribution in [0.5, 0.6) is 0 Å². The molecule has 0 saturated heterocycles. The quantitative estimate of drug-likeness (QED) is 0.416. The number of nitrogens with two attached hydrogens (primary N) is 1. The monoisotopic (exact) mass is 452 g/mol. The van der Waals surface area contributed by atoms with Crippen LogP contribution in [0.15, 0.2) is 42.5 Å². The smallest absolute Gasteiger partial charge is 0.170 e. The lowest BCUT2D eigenvalue weighted by molar-refractivity contribution is 0.336. The van der Waals surface area contributed by atoms with E-state index in [-0.39, 0.29) is 0 Å². The second-order valence-electron chi connectivity index (χ2n) is 7.56. The molecule has 3 aromatic heterocycles. The number of nitrogen functional groups attached to an aromatic ring is 1. The summed E-state index contributed by atoms with van der Waals surface area (Å²) < 4.78 is 2.10. The second kappa shape index (κ2) is 9.70. The summed E-state index contributed by atoms with van der Waals surface area (Å²) >= 11 is 3.12. The average molecular weight is 453 g/mol. The normalized spacial score (nSPS) is 15.7. The summed E-state index contributed by atoms with van der Waals surface area (Å²) in [5.41, 5.74) is 7.55. The van der Waals surface area contributed by atoms with Crippen LogP contribution < -0.4 is 11.1 Å². The molecule has 0 aromatic carbocycles. The lowest BCUT2D eigenvalue weighted by Crippen LogP contribution is -2.15. The summed E-state index contributed by atoms with van der Waals surface area (Å²) in [5.74, 6) is 1.41. The van der Waals surface area contributed by atoms with Crippen molar-refractivity contribution in [2.24, 2.45) is 0 Å². The van der Waals surface area contributed by atoms with E-state index in [4.69, 9.17) is 20.8 Å². The molecule has 162 valence electrons. The molecular formula is C23H28N6S2. The van der Waals surface area contributed by atoms with Crippen molar-refractivity contribution in [3.05, 3.63) is 53.2 Å². The Hall–Kier alpha value is -2.58. The average Bonchev–Trinajstić information content (AvgIpc) is 3.41. The molecule has 3 N–H and O–H groups in total. The van der Waals surface area contributed by atoms with Gasteiger partial charge in [0.25, 0.3) is 0 Å². The number of hydrogen-bond acceptors (Lipinski definition) is 7. The summed E-state index contributed by atoms with van der Waals surface area (Å²) in [4.78, 5) is 11.8. The molecule has 0 radical (unpaired) electrons. The SMILES string of the molecule is C=C(Nc1nc(/C(=C/C)S/C=C\C)nc2c1cnn2C1CCCCC1)c1ccc(N)s1. The van der Waals surface area contributed by atoms with Crippen molar-refractivity contribution in [2.45, 2.75) is 52.0 Å². The van der Waals surface area contributed by atoms with E-state index in [9.17, 15) is 0 Å². The fourth-order valence-corrected chi connectivity index (χ4v) is 5.15. The molecule has 0 spiro atoms. The van der Waals surface area contributed by atoms with Gasteiger partial charge in [-0.25, -0.2) is 14.6 Å². The number of thioether (sulfide) groups is 1. The first-order chi connectivity index (χ1) is 15.1. The van der Waals surface area contributed by atoms with Crippen LogP contribution in [0.4, 0.5) is 10.8 Å². The maximum absolute atomic E-state index is 5.91. The summed E-state index contributed by atoms with van der Waals surface area (Å²) in [6, 6.07) is 4.25. The highest BCUT2D eigenvalue weighted by atomic mass is 32.2. The number of allylic oxidation sites excluding steroid dienone is 2. The van der Waals surface area contributed by atoms with Crippen molar-refractivity contribution in [3.63, 3.8) is 0 Å². The van der Waals surface area contributed by atoms with Crippen molar-refractivity contribution < 1.29 is 0 Å². The van der Waals surface area contributed by atoms with Gasteiger partial charge in [0.1, 0.15) is 5.82 Å². The second-order valence-corrected chi connectivity index (χ2v) is 9.62. The van der Waals surface area contributed by atoms with Gasteiger partial charge in [-0.3, -0.25) is 0 Å². The Morgan fingerprint density at radius 3 is 2.74 bits per heavy atom. The predicted octanol–water partition coefficient (Wildman–Crippen LogP) is 6.69. The van der Waals surface area contributed by atoms with Gasteiger partial charge >= 0.3 is 0 Å². The molecule has 0 amide bonds. The molecule has 0 bridgehead atoms. The summed E-state index contributed by atoms with van der Waals surface area (Å²) in [5, 5.41) is 11.9. The molecular weight excluding hydrogens is 424 g/mol. The van der Waals surface area contributed by atoms with Gasteiger partial charge in [-0.15, -0.1) is 11.3 Å². The standard InChI is InChI=1S/C23H28N6S2/c1-4-13-30-18(5-2)22-27-21(26-15(3)19-11-12-20(24)31-19)17-14-25-29(23(17)28-22)16-9-7-6-8-10-16/h4-5,11-14,16H,3,6-10,24H2,1-2H3,(H,26,27,28)/b13-4-,18-5-. The molecule has 0 unspecified atom stereocenters. The van der Waals surface area contributed by atoms with Crippen LogP contribution in [0.1, 0.15) is 62.7 Å². The highest BCUT2D eigenvalue weighted by Gasteiger charge is 2.22. The van der Waals surface area contributed by atoms with Crippen LogP contribution in [0.25, 0.3) is 21.6 Å². The molecule has 3 aromatic rings. The molecule has 1 fully saturated rings. The van der Waals surface area contributed by atoms with E-state index in [2.05, 4.69) is 16.6 Å². The third kappa shape index (κ3) is 4.70. The van der Waals surface area contributed by atoms with Crippen LogP contribution in [0, 0.1) is 0 Å². The van der Waals surface area contributed by atoms with Gasteiger partial charge in [0, 0.05) is 5.70 Å². The van der Waals surface area contributed by atoms with E-state index in [0.717, 1.165) is 50.2 Å². The Balaban J connectivity index is 1.78. The molecule has 1 aliphatic rings. The minimum atomic E-state index is 0.388. The number of anilines is 2. The van der Waals surface area contributed by atoms with E-state index >= 15 is 0 Å². The topological polar surface area (TPSA) is 81.7 Å². The molecule has 0 atom stereocenters. The summed E-state index contributed by atoms with van der Waals surface area (Å²) in [6.45, 7) is 8.22. The Morgan fingerprint density at radius 1 is 1.26 bits per heavy atom. The lowest BCUT2D eigenvalue weighted by Gasteiger charge is -2.22. The molecule has 8 heteroatoms. The predicted molar refractivity (Wildman–Crippen MR) is 135 cm³/mol. The van der Waals surface area contributed by atoms with Crippen molar-refractivity contribution >= 4 is 55.6 Å². The molecule has 0 aliphatic heterocycles. The Bertz CT molecular complexity index is 1130. The first kappa shape index (κ1) is 21.6. The van der Waals surface area contributed by atoms with Gasteiger partial charge in [0.05, 0.1) is 32.4 Å². The zero-order chi connectivity index (χ0) is 21.8. The number of aromatic nitrogens is 4. The van der Waals surface area contributed by atoms with Crippen molar-refractivity contribution in [1.82, 2.24) is 19.7 Å². The Labute approximate surface area is 191 Å². The number of nitrogens with zero attached hydrogens (tertiary/aromatic N) is 4. The highest BCUT2D eigenvalue weighted by Crippen LogP contribution is 2.35. The van der Waals surface area contributed by atoms with Crippen molar-refractivity contribution in [2.75, 3.05) is 11.1 Å². The van der Waals surface area contributed by atoms with E-state index in [1.807, 2.05) is 49.7 Å². The van der Waals surface area contributed by atoms with Crippen LogP contribution >= 0.6 is 23.1 Å². The van der Waals surface area contributed by atoms with Crippen molar-refractivity contribution in [1.29, 1.82) is 0 Å². The number of thiophene rings is 1. The highest BCUT2D eigenvalue weighted by molar-refractivity contribution is 8.10. The third-order valence-electron chi connectivity index (χ3n) is 5.38. The van der Waals surface area contributed by atoms with E-state index in [1.54, 1.807) is 11.8 Å². The van der Waals surface area contributed by atoms with Crippen LogP contribution in [-0.4, -0.2) is 19.7 Å². The van der Waals surface area contributed by atoms with Crippen molar-refractivity contribution in [3.8, 4) is 0 Å². The van der Waals surface area contributed by atoms with E-state index in [0.29, 0.717) is 11.9 Å². The summed E-state index contributed by atoms with van der Waals surface area (Å²) in [6.07, 6.45) is 12.0. The molecule has 4 rings (SSSR count). The first-order valence-corrected chi connectivity index (χ1v) is 12.3. The minimum absolute atomic E-state index is 0.388. The summed E-state index contributed by atoms with van der Waals surface area (Å²) in [7, 11) is 0. The number of rotatable bonds is 7. The number of hydrogen-bond donors (Lipinski definition) is 2. The fourth-order valence-electron chi connectivity index (χ4n) is 3.83. The fraction of sp³-hybridized carbons (Fsp3) is 0.348. The maximum Gasteiger partial charge on any atom is 0.170 e. The van der Waals surface area contributed by atoms with Gasteiger partial charge in [-0.1, -0.05) is 49.8 Å². The van der Waals surface area contributed by atoms with Gasteiger partial charge in [0.2, 0.25) is 0 Å². The molecule has 6 nitrogen and oxygen atoms in total. The first-order valence-electron chi connectivity index (χ1n) is 10.6. The zero-order valence-electron chi connectivity index (χ0n) is 18.0. The van der Waals surface area contributed by atoms with E-state index < -0.39 is 0 Å². The van der Waals surface area contributed by atoms with Crippen LogP contribution in [-0.2, 0) is 0 Å². The van der Waals surface area contributed by atoms with Crippen LogP contribution in [0.3, 0.4) is 0 Å². The largest absolute Gasteiger partial charge is 0.391 e. The Kier molecular flexibility index (Phi) is 6.77. The van der Waals surface area contributed by atoms with Gasteiger partial charge in [-0.05, 0) is 44.2 Å². The van der Waals surface area contributed by atoms with Gasteiger partial charge < -0.3 is 11.1 Å². The molecule has 31 heavy (non-hydrogen) atoms. The molecule has 3 heterocycles. The third-order valence-corrected chi connectivity index (χ3v) is 7.44. The molecule has 1 aliphatic carbocycles. The molecule has 1 saturated carbocycles. The minimum Gasteiger partial charge on any atom is -0.391 e. The zero-order valence-corrected chi connectivity index (χ0v) is 19.6. The Morgan fingerprint density at radius 2 is 2.06 bits per heavy atom. The lowest BCUT2D eigenvalue weighted by atomic mass is 9.96. The number of fused-ring (bicyclic) bond motifs is 1. The van der Waals surface area contributed by atoms with Gasteiger partial charge in [0.15, 0.2) is 11.5 Å². The van der Waals surface area contributed by atoms with Crippen LogP contribution in [0.2, 0.25) is 0 Å². The maximum atomic E-state index is 5.91.